The lowest BCUT2D eigenvalue weighted by atomic mass is 9.89. The molecular weight excluding hydrogens is 443 g/mol. The number of rotatable bonds is 6. The van der Waals surface area contributed by atoms with Gasteiger partial charge < -0.3 is 9.64 Å². The molecule has 2 aromatic heterocycles. The Morgan fingerprint density at radius 1 is 1.18 bits per heavy atom. The Labute approximate surface area is 195 Å². The lowest BCUT2D eigenvalue weighted by Crippen LogP contribution is -2.39. The number of carbonyl (C=O) groups is 2. The molecule has 7 nitrogen and oxygen atoms in total. The summed E-state index contributed by atoms with van der Waals surface area (Å²) in [6, 6.07) is 9.62. The maximum atomic E-state index is 13.5. The normalized spacial score (nSPS) is 15.8. The number of benzene rings is 1. The second-order valence-electron chi connectivity index (χ2n) is 7.65. The maximum absolute atomic E-state index is 13.5. The van der Waals surface area contributed by atoms with Crippen LogP contribution in [0.1, 0.15) is 34.8 Å². The summed E-state index contributed by atoms with van der Waals surface area (Å²) in [6.45, 7) is 1.17. The zero-order chi connectivity index (χ0) is 23.2. The van der Waals surface area contributed by atoms with E-state index in [1.165, 1.54) is 31.0 Å². The molecule has 0 aliphatic carbocycles. The second kappa shape index (κ2) is 10.5. The smallest absolute Gasteiger partial charge is 0.316 e. The lowest BCUT2D eigenvalue weighted by molar-refractivity contribution is -0.137. The molecule has 3 aromatic rings. The number of pyridine rings is 1. The van der Waals surface area contributed by atoms with Crippen molar-refractivity contribution in [1.29, 1.82) is 0 Å². The summed E-state index contributed by atoms with van der Waals surface area (Å²) in [5, 5.41) is 0.457. The molecule has 1 aromatic carbocycles. The zero-order valence-electron chi connectivity index (χ0n) is 18.1. The fourth-order valence-corrected chi connectivity index (χ4v) is 4.51. The predicted octanol–water partition coefficient (Wildman–Crippen LogP) is 3.96. The van der Waals surface area contributed by atoms with Gasteiger partial charge in [-0.3, -0.25) is 14.6 Å². The Bertz CT molecular complexity index is 1130. The minimum atomic E-state index is -0.362. The van der Waals surface area contributed by atoms with Gasteiger partial charge in [0.25, 0.3) is 5.91 Å². The Morgan fingerprint density at radius 2 is 1.94 bits per heavy atom. The number of aromatic nitrogens is 3. The van der Waals surface area contributed by atoms with E-state index in [-0.39, 0.29) is 29.4 Å². The van der Waals surface area contributed by atoms with Crippen LogP contribution in [0.25, 0.3) is 11.1 Å². The van der Waals surface area contributed by atoms with Crippen LogP contribution in [0.3, 0.4) is 0 Å². The van der Waals surface area contributed by atoms with Crippen LogP contribution in [0, 0.1) is 5.82 Å². The van der Waals surface area contributed by atoms with E-state index in [0.717, 1.165) is 29.7 Å². The first-order valence-electron chi connectivity index (χ1n) is 10.6. The number of carbonyl (C=O) groups excluding carboxylic acids is 2. The molecule has 0 spiro atoms. The largest absolute Gasteiger partial charge is 0.468 e. The molecule has 3 heterocycles. The van der Waals surface area contributed by atoms with E-state index in [0.29, 0.717) is 23.8 Å². The van der Waals surface area contributed by atoms with Gasteiger partial charge >= 0.3 is 5.97 Å². The summed E-state index contributed by atoms with van der Waals surface area (Å²) in [5.74, 6) is -0.647. The molecule has 0 bridgehead atoms. The number of methoxy groups -OCH3 is 1. The van der Waals surface area contributed by atoms with Gasteiger partial charge in [-0.05, 0) is 42.7 Å². The number of esters is 1. The highest BCUT2D eigenvalue weighted by Gasteiger charge is 2.29. The van der Waals surface area contributed by atoms with E-state index in [4.69, 9.17) is 9.72 Å². The summed E-state index contributed by atoms with van der Waals surface area (Å²) in [6.07, 6.45) is 6.61. The van der Waals surface area contributed by atoms with E-state index >= 15 is 0 Å². The summed E-state index contributed by atoms with van der Waals surface area (Å²) in [5.41, 5.74) is 2.98. The first kappa shape index (κ1) is 22.8. The van der Waals surface area contributed by atoms with Crippen molar-refractivity contribution in [2.45, 2.75) is 23.9 Å². The number of nitrogens with zero attached hydrogens (tertiary/aromatic N) is 4. The third-order valence-electron chi connectivity index (χ3n) is 5.52. The first-order chi connectivity index (χ1) is 16.0. The Balaban J connectivity index is 1.64. The summed E-state index contributed by atoms with van der Waals surface area (Å²) >= 11 is 1.20. The van der Waals surface area contributed by atoms with Crippen molar-refractivity contribution in [2.24, 2.45) is 0 Å². The van der Waals surface area contributed by atoms with Crippen LogP contribution in [0.2, 0.25) is 0 Å². The van der Waals surface area contributed by atoms with Gasteiger partial charge in [0.2, 0.25) is 0 Å². The predicted molar refractivity (Wildman–Crippen MR) is 122 cm³/mol. The number of halogens is 1. The summed E-state index contributed by atoms with van der Waals surface area (Å²) in [7, 11) is 1.34. The van der Waals surface area contributed by atoms with E-state index in [9.17, 15) is 14.0 Å². The van der Waals surface area contributed by atoms with Crippen molar-refractivity contribution < 1.29 is 18.7 Å². The molecule has 1 fully saturated rings. The Hall–Kier alpha value is -3.33. The van der Waals surface area contributed by atoms with Crippen LogP contribution in [-0.4, -0.2) is 57.7 Å². The molecule has 0 N–H and O–H groups in total. The van der Waals surface area contributed by atoms with Gasteiger partial charge in [-0.1, -0.05) is 23.9 Å². The second-order valence-corrected chi connectivity index (χ2v) is 8.59. The van der Waals surface area contributed by atoms with Crippen LogP contribution in [0.4, 0.5) is 4.39 Å². The van der Waals surface area contributed by atoms with E-state index in [2.05, 4.69) is 9.97 Å². The third-order valence-corrected chi connectivity index (χ3v) is 6.36. The van der Waals surface area contributed by atoms with Gasteiger partial charge in [0, 0.05) is 48.7 Å². The number of ether oxygens (including phenoxy) is 1. The zero-order valence-corrected chi connectivity index (χ0v) is 18.9. The summed E-state index contributed by atoms with van der Waals surface area (Å²) in [4.78, 5) is 39.6. The molecule has 1 aliphatic rings. The van der Waals surface area contributed by atoms with Gasteiger partial charge in [-0.15, -0.1) is 0 Å². The molecule has 9 heteroatoms. The minimum Gasteiger partial charge on any atom is -0.468 e. The number of likely N-dealkylation sites (tertiary alicyclic amines) is 1. The molecule has 1 aliphatic heterocycles. The van der Waals surface area contributed by atoms with E-state index in [1.807, 2.05) is 4.90 Å². The maximum Gasteiger partial charge on any atom is 0.316 e. The van der Waals surface area contributed by atoms with Crippen LogP contribution < -0.4 is 0 Å². The topological polar surface area (TPSA) is 85.3 Å². The number of hydrogen-bond donors (Lipinski definition) is 0. The fourth-order valence-electron chi connectivity index (χ4n) is 3.85. The van der Waals surface area contributed by atoms with Crippen LogP contribution in [-0.2, 0) is 9.53 Å². The van der Waals surface area contributed by atoms with Crippen molar-refractivity contribution in [3.8, 4) is 11.1 Å². The third kappa shape index (κ3) is 5.54. The van der Waals surface area contributed by atoms with Crippen LogP contribution >= 0.6 is 11.8 Å². The molecule has 33 heavy (non-hydrogen) atoms. The highest BCUT2D eigenvalue weighted by atomic mass is 32.2. The molecule has 1 atom stereocenters. The molecule has 0 saturated carbocycles. The van der Waals surface area contributed by atoms with Gasteiger partial charge in [0.05, 0.1) is 18.6 Å². The van der Waals surface area contributed by atoms with Crippen molar-refractivity contribution in [3.63, 3.8) is 0 Å². The molecule has 4 rings (SSSR count). The van der Waals surface area contributed by atoms with Gasteiger partial charge in [-0.25, -0.2) is 14.4 Å². The van der Waals surface area contributed by atoms with Crippen molar-refractivity contribution in [1.82, 2.24) is 19.9 Å². The summed E-state index contributed by atoms with van der Waals surface area (Å²) < 4.78 is 18.2. The Kier molecular flexibility index (Phi) is 7.29. The van der Waals surface area contributed by atoms with Crippen molar-refractivity contribution in [2.75, 3.05) is 26.0 Å². The Morgan fingerprint density at radius 3 is 2.67 bits per heavy atom. The van der Waals surface area contributed by atoms with Crippen molar-refractivity contribution in [3.05, 3.63) is 72.1 Å². The van der Waals surface area contributed by atoms with E-state index in [1.54, 1.807) is 42.9 Å². The van der Waals surface area contributed by atoms with Crippen LogP contribution in [0.15, 0.2) is 60.1 Å². The molecule has 0 radical (unpaired) electrons. The molecule has 170 valence electrons. The average molecular weight is 467 g/mol. The quantitative estimate of drug-likeness (QED) is 0.309. The minimum absolute atomic E-state index is 0.0231. The first-order valence-corrected chi connectivity index (χ1v) is 11.6. The lowest BCUT2D eigenvalue weighted by Gasteiger charge is -2.33. The SMILES string of the molecule is COC(=O)CSc1ncc(-c2ccc(F)cc2)c([C@H]2CCCN(C(=O)c3ccncc3)C2)n1. The number of piperidine rings is 1. The molecule has 1 amide bonds. The number of thioether (sulfide) groups is 1. The van der Waals surface area contributed by atoms with Crippen molar-refractivity contribution >= 4 is 23.6 Å². The highest BCUT2D eigenvalue weighted by molar-refractivity contribution is 7.99. The van der Waals surface area contributed by atoms with Gasteiger partial charge in [0.15, 0.2) is 5.16 Å². The number of amides is 1. The number of hydrogen-bond acceptors (Lipinski definition) is 7. The highest BCUT2D eigenvalue weighted by Crippen LogP contribution is 2.34. The monoisotopic (exact) mass is 466 g/mol. The average Bonchev–Trinajstić information content (AvgIpc) is 2.87. The molecule has 1 saturated heterocycles. The van der Waals surface area contributed by atoms with E-state index < -0.39 is 0 Å². The molecular formula is C24H23FN4O3S. The fraction of sp³-hybridized carbons (Fsp3) is 0.292. The standard InChI is InChI=1S/C24H23FN4O3S/c1-32-21(30)15-33-24-27-13-20(16-4-6-19(25)7-5-16)22(28-24)18-3-2-12-29(14-18)23(31)17-8-10-26-11-9-17/h4-11,13,18H,2-3,12,14-15H2,1H3/t18-/m0/s1. The molecule has 0 unspecified atom stereocenters. The van der Waals surface area contributed by atoms with Crippen LogP contribution in [0.5, 0.6) is 0 Å². The van der Waals surface area contributed by atoms with Gasteiger partial charge in [0.1, 0.15) is 5.82 Å². The van der Waals surface area contributed by atoms with Gasteiger partial charge in [-0.2, -0.15) is 0 Å².